The van der Waals surface area contributed by atoms with Crippen LogP contribution in [0.25, 0.3) is 0 Å². The van der Waals surface area contributed by atoms with E-state index in [1.807, 2.05) is 30.3 Å². The molecule has 0 heterocycles. The number of methoxy groups -OCH3 is 1. The van der Waals surface area contributed by atoms with Gasteiger partial charge in [0, 0.05) is 6.42 Å². The van der Waals surface area contributed by atoms with Crippen LogP contribution in [0.4, 0.5) is 4.79 Å². The third-order valence-electron chi connectivity index (χ3n) is 4.94. The number of rotatable bonds is 13. The van der Waals surface area contributed by atoms with E-state index >= 15 is 0 Å². The Morgan fingerprint density at radius 2 is 1.53 bits per heavy atom. The van der Waals surface area contributed by atoms with E-state index in [9.17, 15) is 14.4 Å². The van der Waals surface area contributed by atoms with Crippen LogP contribution in [-0.4, -0.2) is 42.8 Å². The number of ether oxygens (including phenoxy) is 2. The van der Waals surface area contributed by atoms with Crippen molar-refractivity contribution >= 4 is 18.0 Å². The zero-order valence-electron chi connectivity index (χ0n) is 20.2. The number of carbonyl (C=O) groups is 3. The maximum absolute atomic E-state index is 13.0. The van der Waals surface area contributed by atoms with Crippen molar-refractivity contribution in [2.75, 3.05) is 7.11 Å². The van der Waals surface area contributed by atoms with E-state index in [4.69, 9.17) is 9.47 Å². The van der Waals surface area contributed by atoms with Gasteiger partial charge in [0.05, 0.1) is 7.11 Å². The van der Waals surface area contributed by atoms with Gasteiger partial charge in [-0.25, -0.2) is 9.59 Å². The van der Waals surface area contributed by atoms with Gasteiger partial charge >= 0.3 is 12.1 Å². The molecule has 1 unspecified atom stereocenters. The highest BCUT2D eigenvalue weighted by Crippen LogP contribution is 2.12. The summed E-state index contributed by atoms with van der Waals surface area (Å²) in [6, 6.07) is 7.76. The number of esters is 1. The predicted octanol–water partition coefficient (Wildman–Crippen LogP) is 4.53. The first-order valence-electron chi connectivity index (χ1n) is 11.6. The van der Waals surface area contributed by atoms with Crippen molar-refractivity contribution in [3.05, 3.63) is 35.9 Å². The molecule has 1 aromatic carbocycles. The van der Waals surface area contributed by atoms with Crippen molar-refractivity contribution in [2.45, 2.75) is 96.7 Å². The SMILES string of the molecule is CCCCCCCCC(NC(=O)OC(C)(C)C)C(=O)N[C@@H](Cc1ccccc1)C(=O)OC. The first kappa shape index (κ1) is 27.5. The highest BCUT2D eigenvalue weighted by molar-refractivity contribution is 5.89. The van der Waals surface area contributed by atoms with Gasteiger partial charge in [0.1, 0.15) is 17.7 Å². The molecule has 2 atom stereocenters. The van der Waals surface area contributed by atoms with Gasteiger partial charge in [0.25, 0.3) is 0 Å². The molecular weight excluding hydrogens is 408 g/mol. The van der Waals surface area contributed by atoms with Crippen LogP contribution in [0.15, 0.2) is 30.3 Å². The molecular formula is C25H40N2O5. The molecule has 0 bridgehead atoms. The lowest BCUT2D eigenvalue weighted by molar-refractivity contribution is -0.145. The van der Waals surface area contributed by atoms with Gasteiger partial charge in [0.2, 0.25) is 5.91 Å². The second-order valence-electron chi connectivity index (χ2n) is 9.03. The zero-order valence-corrected chi connectivity index (χ0v) is 20.2. The third-order valence-corrected chi connectivity index (χ3v) is 4.94. The van der Waals surface area contributed by atoms with Crippen LogP contribution in [0.5, 0.6) is 0 Å². The van der Waals surface area contributed by atoms with Crippen molar-refractivity contribution < 1.29 is 23.9 Å². The molecule has 0 saturated carbocycles. The second-order valence-corrected chi connectivity index (χ2v) is 9.03. The van der Waals surface area contributed by atoms with E-state index < -0.39 is 35.7 Å². The quantitative estimate of drug-likeness (QED) is 0.342. The van der Waals surface area contributed by atoms with E-state index in [-0.39, 0.29) is 0 Å². The van der Waals surface area contributed by atoms with Gasteiger partial charge < -0.3 is 20.1 Å². The maximum atomic E-state index is 13.0. The minimum Gasteiger partial charge on any atom is -0.467 e. The largest absolute Gasteiger partial charge is 0.467 e. The standard InChI is InChI=1S/C25H40N2O5/c1-6-7-8-9-10-14-17-20(27-24(30)32-25(2,3)4)22(28)26-21(23(29)31-5)18-19-15-12-11-13-16-19/h11-13,15-16,20-21H,6-10,14,17-18H2,1-5H3,(H,26,28)(H,27,30)/t20?,21-/m0/s1. The lowest BCUT2D eigenvalue weighted by Crippen LogP contribution is -2.53. The number of hydrogen-bond acceptors (Lipinski definition) is 5. The molecule has 0 saturated heterocycles. The summed E-state index contributed by atoms with van der Waals surface area (Å²) in [7, 11) is 1.29. The highest BCUT2D eigenvalue weighted by atomic mass is 16.6. The molecule has 0 fully saturated rings. The molecule has 2 N–H and O–H groups in total. The number of alkyl carbamates (subject to hydrolysis) is 1. The molecule has 0 spiro atoms. The van der Waals surface area contributed by atoms with Crippen molar-refractivity contribution in [1.82, 2.24) is 10.6 Å². The fourth-order valence-corrected chi connectivity index (χ4v) is 3.31. The number of nitrogens with one attached hydrogen (secondary N) is 2. The summed E-state index contributed by atoms with van der Waals surface area (Å²) in [5.41, 5.74) is 0.225. The smallest absolute Gasteiger partial charge is 0.408 e. The van der Waals surface area contributed by atoms with E-state index in [1.165, 1.54) is 20.0 Å². The Labute approximate surface area is 192 Å². The van der Waals surface area contributed by atoms with E-state index in [0.717, 1.165) is 31.2 Å². The van der Waals surface area contributed by atoms with Gasteiger partial charge in [-0.3, -0.25) is 4.79 Å². The minimum atomic E-state index is -0.845. The van der Waals surface area contributed by atoms with Crippen LogP contribution < -0.4 is 10.6 Å². The van der Waals surface area contributed by atoms with Crippen LogP contribution in [0, 0.1) is 0 Å². The topological polar surface area (TPSA) is 93.7 Å². The normalized spacial score (nSPS) is 13.0. The minimum absolute atomic E-state index is 0.301. The average Bonchev–Trinajstić information content (AvgIpc) is 2.73. The molecule has 32 heavy (non-hydrogen) atoms. The molecule has 2 amide bonds. The monoisotopic (exact) mass is 448 g/mol. The van der Waals surface area contributed by atoms with Crippen LogP contribution in [0.3, 0.4) is 0 Å². The summed E-state index contributed by atoms with van der Waals surface area (Å²) < 4.78 is 10.2. The van der Waals surface area contributed by atoms with Gasteiger partial charge in [-0.05, 0) is 32.8 Å². The summed E-state index contributed by atoms with van der Waals surface area (Å²) in [5.74, 6) is -0.950. The number of benzene rings is 1. The summed E-state index contributed by atoms with van der Waals surface area (Å²) in [6.45, 7) is 7.46. The summed E-state index contributed by atoms with van der Waals surface area (Å²) in [5, 5.41) is 5.44. The van der Waals surface area contributed by atoms with Crippen LogP contribution in [0.1, 0.15) is 78.2 Å². The zero-order chi connectivity index (χ0) is 24.0. The molecule has 180 valence electrons. The summed E-state index contributed by atoms with van der Waals surface area (Å²) in [6.07, 6.45) is 6.50. The third kappa shape index (κ3) is 11.7. The van der Waals surface area contributed by atoms with Gasteiger partial charge in [-0.2, -0.15) is 0 Å². The lowest BCUT2D eigenvalue weighted by Gasteiger charge is -2.25. The molecule has 0 aliphatic rings. The Hall–Kier alpha value is -2.57. The summed E-state index contributed by atoms with van der Waals surface area (Å²) in [4.78, 5) is 37.6. The molecule has 7 heteroatoms. The van der Waals surface area contributed by atoms with Gasteiger partial charge in [0.15, 0.2) is 0 Å². The fourth-order valence-electron chi connectivity index (χ4n) is 3.31. The lowest BCUT2D eigenvalue weighted by atomic mass is 10.0. The van der Waals surface area contributed by atoms with Crippen LogP contribution in [0.2, 0.25) is 0 Å². The predicted molar refractivity (Wildman–Crippen MR) is 125 cm³/mol. The molecule has 1 aromatic rings. The Kier molecular flexibility index (Phi) is 12.4. The van der Waals surface area contributed by atoms with Crippen LogP contribution in [-0.2, 0) is 25.5 Å². The molecule has 0 aromatic heterocycles. The first-order chi connectivity index (χ1) is 15.2. The molecule has 0 aliphatic carbocycles. The Morgan fingerprint density at radius 1 is 0.906 bits per heavy atom. The number of carbonyl (C=O) groups excluding carboxylic acids is 3. The molecule has 1 rings (SSSR count). The Balaban J connectivity index is 2.82. The number of amides is 2. The molecule has 0 radical (unpaired) electrons. The second kappa shape index (κ2) is 14.5. The van der Waals surface area contributed by atoms with Gasteiger partial charge in [-0.15, -0.1) is 0 Å². The van der Waals surface area contributed by atoms with Crippen LogP contribution >= 0.6 is 0 Å². The molecule has 7 nitrogen and oxygen atoms in total. The van der Waals surface area contributed by atoms with E-state index in [0.29, 0.717) is 12.8 Å². The first-order valence-corrected chi connectivity index (χ1v) is 11.6. The van der Waals surface area contributed by atoms with Crippen molar-refractivity contribution in [1.29, 1.82) is 0 Å². The highest BCUT2D eigenvalue weighted by Gasteiger charge is 2.28. The number of hydrogen-bond donors (Lipinski definition) is 2. The molecule has 0 aliphatic heterocycles. The van der Waals surface area contributed by atoms with Crippen molar-refractivity contribution in [3.63, 3.8) is 0 Å². The summed E-state index contributed by atoms with van der Waals surface area (Å²) >= 11 is 0. The number of unbranched alkanes of at least 4 members (excludes halogenated alkanes) is 5. The maximum Gasteiger partial charge on any atom is 0.408 e. The fraction of sp³-hybridized carbons (Fsp3) is 0.640. The van der Waals surface area contributed by atoms with E-state index in [2.05, 4.69) is 17.6 Å². The van der Waals surface area contributed by atoms with Crippen molar-refractivity contribution in [2.24, 2.45) is 0 Å². The van der Waals surface area contributed by atoms with Crippen molar-refractivity contribution in [3.8, 4) is 0 Å². The van der Waals surface area contributed by atoms with Gasteiger partial charge in [-0.1, -0.05) is 75.8 Å². The van der Waals surface area contributed by atoms with E-state index in [1.54, 1.807) is 20.8 Å². The average molecular weight is 449 g/mol. The Bertz CT molecular complexity index is 700. The Morgan fingerprint density at radius 3 is 2.12 bits per heavy atom.